The van der Waals surface area contributed by atoms with Crippen LogP contribution in [0.5, 0.6) is 5.75 Å². The molecule has 1 N–H and O–H groups in total. The normalized spacial score (nSPS) is 23.3. The Hall–Kier alpha value is -1.14. The van der Waals surface area contributed by atoms with Crippen LogP contribution < -0.4 is 10.2 Å². The minimum absolute atomic E-state index is 0.776. The quantitative estimate of drug-likeness (QED) is 0.827. The first-order valence-corrected chi connectivity index (χ1v) is 9.30. The number of ether oxygens (including phenoxy) is 2. The van der Waals surface area contributed by atoms with Gasteiger partial charge in [-0.25, -0.2) is 5.01 Å². The Kier molecular flexibility index (Phi) is 6.90. The number of nitrogens with zero attached hydrogens (tertiary/aromatic N) is 2. The van der Waals surface area contributed by atoms with Crippen molar-refractivity contribution in [3.05, 3.63) is 29.8 Å². The second kappa shape index (κ2) is 9.37. The van der Waals surface area contributed by atoms with Crippen molar-refractivity contribution in [1.82, 2.24) is 15.3 Å². The van der Waals surface area contributed by atoms with E-state index in [1.807, 2.05) is 0 Å². The lowest BCUT2D eigenvalue weighted by molar-refractivity contribution is 0.0106. The molecule has 0 radical (unpaired) electrons. The van der Waals surface area contributed by atoms with Gasteiger partial charge >= 0.3 is 0 Å². The maximum atomic E-state index is 5.90. The summed E-state index contributed by atoms with van der Waals surface area (Å²) in [6.45, 7) is 11.0. The van der Waals surface area contributed by atoms with Crippen molar-refractivity contribution >= 4 is 0 Å². The molecule has 0 bridgehead atoms. The molecule has 0 aromatic heterocycles. The summed E-state index contributed by atoms with van der Waals surface area (Å²) in [5, 5.41) is 2.23. The summed E-state index contributed by atoms with van der Waals surface area (Å²) in [6, 6.07) is 8.45. The molecule has 0 saturated carbocycles. The van der Waals surface area contributed by atoms with E-state index in [9.17, 15) is 0 Å². The van der Waals surface area contributed by atoms with Crippen LogP contribution in [0, 0.1) is 5.92 Å². The molecule has 2 heterocycles. The second-order valence-corrected chi connectivity index (χ2v) is 6.97. The highest BCUT2D eigenvalue weighted by Crippen LogP contribution is 2.16. The third-order valence-corrected chi connectivity index (χ3v) is 4.86. The van der Waals surface area contributed by atoms with Gasteiger partial charge in [0, 0.05) is 32.7 Å². The van der Waals surface area contributed by atoms with Crippen LogP contribution in [0.1, 0.15) is 25.3 Å². The molecule has 2 aliphatic rings. The van der Waals surface area contributed by atoms with Crippen molar-refractivity contribution in [3.63, 3.8) is 0 Å². The highest BCUT2D eigenvalue weighted by Gasteiger charge is 2.15. The summed E-state index contributed by atoms with van der Waals surface area (Å²) < 4.78 is 11.3. The molecule has 2 saturated heterocycles. The maximum absolute atomic E-state index is 5.90. The molecule has 1 aromatic rings. The van der Waals surface area contributed by atoms with Crippen molar-refractivity contribution in [2.45, 2.75) is 26.3 Å². The van der Waals surface area contributed by atoms with E-state index in [-0.39, 0.29) is 0 Å². The fourth-order valence-electron chi connectivity index (χ4n) is 3.41. The molecule has 5 heteroatoms. The Bertz CT molecular complexity index is 474. The zero-order valence-corrected chi connectivity index (χ0v) is 14.9. The van der Waals surface area contributed by atoms with Gasteiger partial charge < -0.3 is 9.47 Å². The number of nitrogens with one attached hydrogen (secondary N) is 1. The van der Waals surface area contributed by atoms with E-state index in [4.69, 9.17) is 9.47 Å². The molecule has 134 valence electrons. The van der Waals surface area contributed by atoms with Gasteiger partial charge in [0.2, 0.25) is 0 Å². The Balaban J connectivity index is 1.35. The summed E-state index contributed by atoms with van der Waals surface area (Å²) in [6.07, 6.45) is 2.70. The van der Waals surface area contributed by atoms with Crippen LogP contribution in [0.4, 0.5) is 0 Å². The smallest absolute Gasteiger partial charge is 0.119 e. The van der Waals surface area contributed by atoms with Crippen LogP contribution in [0.2, 0.25) is 0 Å². The number of hydrazine groups is 1. The van der Waals surface area contributed by atoms with E-state index in [0.29, 0.717) is 0 Å². The van der Waals surface area contributed by atoms with Gasteiger partial charge in [-0.1, -0.05) is 19.1 Å². The fourth-order valence-corrected chi connectivity index (χ4v) is 3.41. The van der Waals surface area contributed by atoms with Gasteiger partial charge in [-0.2, -0.15) is 0 Å². The van der Waals surface area contributed by atoms with Crippen LogP contribution in [-0.2, 0) is 11.3 Å². The Labute approximate surface area is 145 Å². The van der Waals surface area contributed by atoms with Crippen LogP contribution in [0.3, 0.4) is 0 Å². The van der Waals surface area contributed by atoms with E-state index >= 15 is 0 Å². The predicted octanol–water partition coefficient (Wildman–Crippen LogP) is 2.13. The number of hydrogen-bond acceptors (Lipinski definition) is 5. The van der Waals surface area contributed by atoms with Gasteiger partial charge in [-0.05, 0) is 43.0 Å². The topological polar surface area (TPSA) is 37.0 Å². The summed E-state index contributed by atoms with van der Waals surface area (Å²) in [7, 11) is 0. The van der Waals surface area contributed by atoms with Crippen molar-refractivity contribution in [2.24, 2.45) is 5.92 Å². The first-order chi connectivity index (χ1) is 11.8. The minimum Gasteiger partial charge on any atom is -0.492 e. The summed E-state index contributed by atoms with van der Waals surface area (Å²) in [5.74, 6) is 1.80. The van der Waals surface area contributed by atoms with E-state index < -0.39 is 0 Å². The second-order valence-electron chi connectivity index (χ2n) is 6.97. The number of morpholine rings is 1. The molecule has 3 rings (SSSR count). The summed E-state index contributed by atoms with van der Waals surface area (Å²) in [5.41, 5.74) is 4.73. The highest BCUT2D eigenvalue weighted by atomic mass is 16.5. The van der Waals surface area contributed by atoms with Crippen molar-refractivity contribution in [2.75, 3.05) is 52.5 Å². The van der Waals surface area contributed by atoms with Gasteiger partial charge in [0.1, 0.15) is 12.4 Å². The Morgan fingerprint density at radius 2 is 1.96 bits per heavy atom. The molecule has 0 amide bonds. The van der Waals surface area contributed by atoms with Crippen molar-refractivity contribution < 1.29 is 9.47 Å². The van der Waals surface area contributed by atoms with Gasteiger partial charge in [0.25, 0.3) is 0 Å². The molecule has 5 nitrogen and oxygen atoms in total. The average Bonchev–Trinajstić information content (AvgIpc) is 2.62. The highest BCUT2D eigenvalue weighted by molar-refractivity contribution is 5.27. The number of rotatable bonds is 7. The lowest BCUT2D eigenvalue weighted by Gasteiger charge is -2.30. The van der Waals surface area contributed by atoms with Gasteiger partial charge in [0.05, 0.1) is 13.2 Å². The molecule has 1 atom stereocenters. The predicted molar refractivity (Wildman–Crippen MR) is 96.0 cm³/mol. The average molecular weight is 333 g/mol. The first-order valence-electron chi connectivity index (χ1n) is 9.30. The van der Waals surface area contributed by atoms with Gasteiger partial charge in [-0.15, -0.1) is 0 Å². The molecule has 2 fully saturated rings. The van der Waals surface area contributed by atoms with Crippen LogP contribution in [0.25, 0.3) is 0 Å². The van der Waals surface area contributed by atoms with Crippen LogP contribution in [0.15, 0.2) is 24.3 Å². The maximum Gasteiger partial charge on any atom is 0.119 e. The number of likely N-dealkylation sites (tertiary alicyclic amines) is 1. The SMILES string of the molecule is C[C@H]1CCCN(CCOc2ccc(CNN3CCOCC3)cc2)C1. The zero-order chi connectivity index (χ0) is 16.6. The Morgan fingerprint density at radius 3 is 2.71 bits per heavy atom. The number of benzene rings is 1. The molecule has 1 aromatic carbocycles. The van der Waals surface area contributed by atoms with E-state index in [1.165, 1.54) is 31.5 Å². The van der Waals surface area contributed by atoms with Crippen LogP contribution in [-0.4, -0.2) is 62.5 Å². The number of hydrogen-bond donors (Lipinski definition) is 1. The molecular formula is C19H31N3O2. The lowest BCUT2D eigenvalue weighted by Crippen LogP contribution is -2.45. The largest absolute Gasteiger partial charge is 0.492 e. The first kappa shape index (κ1) is 17.7. The number of piperidine rings is 1. The minimum atomic E-state index is 0.776. The van der Waals surface area contributed by atoms with E-state index in [0.717, 1.165) is 57.7 Å². The third kappa shape index (κ3) is 5.74. The molecule has 0 unspecified atom stereocenters. The summed E-state index contributed by atoms with van der Waals surface area (Å²) in [4.78, 5) is 2.52. The lowest BCUT2D eigenvalue weighted by atomic mass is 10.0. The molecular weight excluding hydrogens is 302 g/mol. The fraction of sp³-hybridized carbons (Fsp3) is 0.684. The van der Waals surface area contributed by atoms with Crippen molar-refractivity contribution in [3.8, 4) is 5.75 Å². The summed E-state index contributed by atoms with van der Waals surface area (Å²) >= 11 is 0. The monoisotopic (exact) mass is 333 g/mol. The molecule has 0 aliphatic carbocycles. The zero-order valence-electron chi connectivity index (χ0n) is 14.9. The van der Waals surface area contributed by atoms with Crippen LogP contribution >= 0.6 is 0 Å². The molecule has 24 heavy (non-hydrogen) atoms. The Morgan fingerprint density at radius 1 is 1.17 bits per heavy atom. The van der Waals surface area contributed by atoms with Crippen molar-refractivity contribution in [1.29, 1.82) is 0 Å². The molecule has 2 aliphatic heterocycles. The standard InChI is InChI=1S/C19H31N3O2/c1-17-3-2-8-21(16-17)9-14-24-19-6-4-18(5-7-19)15-20-22-10-12-23-13-11-22/h4-7,17,20H,2-3,8-16H2,1H3/t17-/m0/s1. The third-order valence-electron chi connectivity index (χ3n) is 4.86. The van der Waals surface area contributed by atoms with Gasteiger partial charge in [0.15, 0.2) is 0 Å². The van der Waals surface area contributed by atoms with E-state index in [1.54, 1.807) is 0 Å². The molecule has 0 spiro atoms. The van der Waals surface area contributed by atoms with Gasteiger partial charge in [-0.3, -0.25) is 10.3 Å². The van der Waals surface area contributed by atoms with E-state index in [2.05, 4.69) is 46.5 Å².